The number of Topliss-reactive ketones (excluding diaryl/α,β-unsaturated/α-hetero) is 1. The van der Waals surface area contributed by atoms with Crippen molar-refractivity contribution in [3.05, 3.63) is 11.3 Å². The van der Waals surface area contributed by atoms with Gasteiger partial charge in [0, 0.05) is 5.92 Å². The molecule has 0 radical (unpaired) electrons. The maximum Gasteiger partial charge on any atom is 0.345 e. The van der Waals surface area contributed by atoms with Crippen LogP contribution in [0.1, 0.15) is 13.8 Å². The summed E-state index contributed by atoms with van der Waals surface area (Å²) in [6.07, 6.45) is 0. The van der Waals surface area contributed by atoms with Gasteiger partial charge in [0.25, 0.3) is 0 Å². The zero-order valence-corrected chi connectivity index (χ0v) is 6.96. The summed E-state index contributed by atoms with van der Waals surface area (Å²) in [7, 11) is 0. The highest BCUT2D eigenvalue weighted by atomic mass is 16.5. The number of ketones is 1. The van der Waals surface area contributed by atoms with Gasteiger partial charge in [0.1, 0.15) is 11.3 Å². The van der Waals surface area contributed by atoms with Crippen molar-refractivity contribution in [1.29, 1.82) is 0 Å². The van der Waals surface area contributed by atoms with Crippen molar-refractivity contribution >= 4 is 11.8 Å². The van der Waals surface area contributed by atoms with Crippen LogP contribution in [-0.4, -0.2) is 23.5 Å². The van der Waals surface area contributed by atoms with Gasteiger partial charge in [-0.05, 0) is 0 Å². The Bertz CT molecular complexity index is 244. The fraction of sp³-hybridized carbons (Fsp3) is 0.500. The third-order valence-corrected chi connectivity index (χ3v) is 1.62. The first-order valence-electron chi connectivity index (χ1n) is 3.67. The summed E-state index contributed by atoms with van der Waals surface area (Å²) < 4.78 is 4.44. The molecule has 0 aromatic heterocycles. The van der Waals surface area contributed by atoms with Gasteiger partial charge in [0.2, 0.25) is 5.78 Å². The van der Waals surface area contributed by atoms with Crippen LogP contribution in [0.3, 0.4) is 0 Å². The van der Waals surface area contributed by atoms with E-state index in [1.807, 2.05) is 0 Å². The zero-order valence-electron chi connectivity index (χ0n) is 6.96. The molecular formula is C8H10O4. The Morgan fingerprint density at radius 3 is 2.42 bits per heavy atom. The Labute approximate surface area is 69.8 Å². The summed E-state index contributed by atoms with van der Waals surface area (Å²) in [5.41, 5.74) is -0.190. The van der Waals surface area contributed by atoms with Crippen LogP contribution in [0.15, 0.2) is 11.3 Å². The number of aliphatic hydroxyl groups is 1. The molecule has 0 atom stereocenters. The molecule has 66 valence electrons. The van der Waals surface area contributed by atoms with E-state index in [4.69, 9.17) is 0 Å². The minimum atomic E-state index is -0.716. The van der Waals surface area contributed by atoms with E-state index in [9.17, 15) is 14.7 Å². The van der Waals surface area contributed by atoms with Gasteiger partial charge in [-0.3, -0.25) is 4.79 Å². The average Bonchev–Trinajstić information content (AvgIpc) is 2.30. The Hall–Kier alpha value is -1.32. The van der Waals surface area contributed by atoms with Crippen LogP contribution in [0.5, 0.6) is 0 Å². The predicted octanol–water partition coefficient (Wildman–Crippen LogP) is 0.580. The smallest absolute Gasteiger partial charge is 0.345 e. The third-order valence-electron chi connectivity index (χ3n) is 1.62. The number of esters is 1. The Morgan fingerprint density at radius 2 is 2.08 bits per heavy atom. The maximum absolute atomic E-state index is 11.0. The highest BCUT2D eigenvalue weighted by molar-refractivity contribution is 6.22. The average molecular weight is 170 g/mol. The maximum atomic E-state index is 11.0. The summed E-state index contributed by atoms with van der Waals surface area (Å²) >= 11 is 0. The van der Waals surface area contributed by atoms with E-state index in [0.717, 1.165) is 0 Å². The van der Waals surface area contributed by atoms with E-state index in [1.165, 1.54) is 0 Å². The van der Waals surface area contributed by atoms with Gasteiger partial charge in [-0.1, -0.05) is 13.8 Å². The first-order chi connectivity index (χ1) is 5.54. The molecule has 1 heterocycles. The van der Waals surface area contributed by atoms with E-state index in [0.29, 0.717) is 0 Å². The van der Waals surface area contributed by atoms with Crippen LogP contribution in [0.4, 0.5) is 0 Å². The van der Waals surface area contributed by atoms with Gasteiger partial charge in [0.15, 0.2) is 6.61 Å². The second-order valence-electron chi connectivity index (χ2n) is 2.91. The normalized spacial score (nSPS) is 21.6. The molecular weight excluding hydrogens is 160 g/mol. The molecule has 0 spiro atoms. The Kier molecular flexibility index (Phi) is 2.17. The molecule has 1 aliphatic rings. The second-order valence-corrected chi connectivity index (χ2v) is 2.91. The Morgan fingerprint density at radius 1 is 1.50 bits per heavy atom. The van der Waals surface area contributed by atoms with Crippen LogP contribution in [0, 0.1) is 5.92 Å². The summed E-state index contributed by atoms with van der Waals surface area (Å²) in [4.78, 5) is 21.8. The van der Waals surface area contributed by atoms with Crippen LogP contribution < -0.4 is 0 Å². The van der Waals surface area contributed by atoms with Gasteiger partial charge < -0.3 is 9.84 Å². The van der Waals surface area contributed by atoms with Gasteiger partial charge in [0.05, 0.1) is 0 Å². The number of ether oxygens (including phenoxy) is 1. The molecule has 0 amide bonds. The molecule has 1 N–H and O–H groups in total. The first kappa shape index (κ1) is 8.77. The van der Waals surface area contributed by atoms with Crippen molar-refractivity contribution in [2.24, 2.45) is 5.92 Å². The third kappa shape index (κ3) is 1.32. The highest BCUT2D eigenvalue weighted by Gasteiger charge is 2.32. The van der Waals surface area contributed by atoms with Crippen molar-refractivity contribution < 1.29 is 19.4 Å². The molecule has 1 aliphatic heterocycles. The number of cyclic esters (lactones) is 1. The van der Waals surface area contributed by atoms with Crippen LogP contribution in [0.25, 0.3) is 0 Å². The number of allylic oxidation sites excluding steroid dienone is 1. The SMILES string of the molecule is CC(C)/C(O)=C1/C(=O)COC1=O. The molecule has 4 nitrogen and oxygen atoms in total. The largest absolute Gasteiger partial charge is 0.511 e. The molecule has 12 heavy (non-hydrogen) atoms. The van der Waals surface area contributed by atoms with Gasteiger partial charge in [-0.2, -0.15) is 0 Å². The predicted molar refractivity (Wildman–Crippen MR) is 40.5 cm³/mol. The van der Waals surface area contributed by atoms with E-state index < -0.39 is 11.8 Å². The topological polar surface area (TPSA) is 63.6 Å². The lowest BCUT2D eigenvalue weighted by atomic mass is 10.1. The molecule has 1 saturated heterocycles. The molecule has 0 bridgehead atoms. The quantitative estimate of drug-likeness (QED) is 0.270. The van der Waals surface area contributed by atoms with E-state index in [-0.39, 0.29) is 23.9 Å². The molecule has 4 heteroatoms. The lowest BCUT2D eigenvalue weighted by Crippen LogP contribution is -2.09. The molecule has 0 aromatic carbocycles. The first-order valence-corrected chi connectivity index (χ1v) is 3.67. The molecule has 0 saturated carbocycles. The van der Waals surface area contributed by atoms with Crippen molar-refractivity contribution in [1.82, 2.24) is 0 Å². The number of hydrogen-bond donors (Lipinski definition) is 1. The summed E-state index contributed by atoms with van der Waals surface area (Å²) in [6, 6.07) is 0. The van der Waals surface area contributed by atoms with Crippen molar-refractivity contribution in [2.45, 2.75) is 13.8 Å². The number of hydrogen-bond acceptors (Lipinski definition) is 4. The number of rotatable bonds is 1. The minimum Gasteiger partial charge on any atom is -0.511 e. The number of carbonyl (C=O) groups excluding carboxylic acids is 2. The zero-order chi connectivity index (χ0) is 9.30. The van der Waals surface area contributed by atoms with Gasteiger partial charge >= 0.3 is 5.97 Å². The second kappa shape index (κ2) is 2.97. The van der Waals surface area contributed by atoms with E-state index >= 15 is 0 Å². The Balaban J connectivity index is 3.06. The van der Waals surface area contributed by atoms with Crippen molar-refractivity contribution in [3.8, 4) is 0 Å². The molecule has 1 rings (SSSR count). The minimum absolute atomic E-state index is 0.178. The summed E-state index contributed by atoms with van der Waals surface area (Å²) in [5.74, 6) is -1.56. The van der Waals surface area contributed by atoms with Crippen molar-refractivity contribution in [2.75, 3.05) is 6.61 Å². The van der Waals surface area contributed by atoms with Crippen LogP contribution >= 0.6 is 0 Å². The standard InChI is InChI=1S/C8H10O4/c1-4(2)7(10)6-5(9)3-12-8(6)11/h4,10H,3H2,1-2H3/b7-6+. The number of aliphatic hydroxyl groups excluding tert-OH is 1. The van der Waals surface area contributed by atoms with Crippen LogP contribution in [-0.2, 0) is 14.3 Å². The molecule has 0 aromatic rings. The van der Waals surface area contributed by atoms with E-state index in [1.54, 1.807) is 13.8 Å². The molecule has 0 unspecified atom stereocenters. The van der Waals surface area contributed by atoms with Crippen LogP contribution in [0.2, 0.25) is 0 Å². The summed E-state index contributed by atoms with van der Waals surface area (Å²) in [5, 5.41) is 9.33. The van der Waals surface area contributed by atoms with Gasteiger partial charge in [-0.25, -0.2) is 4.79 Å². The monoisotopic (exact) mass is 170 g/mol. The van der Waals surface area contributed by atoms with Gasteiger partial charge in [-0.15, -0.1) is 0 Å². The highest BCUT2D eigenvalue weighted by Crippen LogP contribution is 2.18. The fourth-order valence-corrected chi connectivity index (χ4v) is 0.925. The molecule has 1 fully saturated rings. The fourth-order valence-electron chi connectivity index (χ4n) is 0.925. The lowest BCUT2D eigenvalue weighted by molar-refractivity contribution is -0.135. The lowest BCUT2D eigenvalue weighted by Gasteiger charge is -2.03. The summed E-state index contributed by atoms with van der Waals surface area (Å²) in [6.45, 7) is 3.15. The molecule has 0 aliphatic carbocycles. The van der Waals surface area contributed by atoms with E-state index in [2.05, 4.69) is 4.74 Å². The number of carbonyl (C=O) groups is 2. The van der Waals surface area contributed by atoms with Crippen molar-refractivity contribution in [3.63, 3.8) is 0 Å².